The molecule has 0 aromatic heterocycles. The van der Waals surface area contributed by atoms with Crippen LogP contribution in [-0.4, -0.2) is 18.2 Å². The first-order chi connectivity index (χ1) is 11.4. The van der Waals surface area contributed by atoms with Crippen LogP contribution in [0, 0.1) is 0 Å². The van der Waals surface area contributed by atoms with Crippen molar-refractivity contribution in [2.24, 2.45) is 5.10 Å². The van der Waals surface area contributed by atoms with E-state index >= 15 is 0 Å². The van der Waals surface area contributed by atoms with Crippen LogP contribution in [0.2, 0.25) is 15.1 Å². The van der Waals surface area contributed by atoms with Crippen molar-refractivity contribution >= 4 is 62.4 Å². The number of rotatable bonds is 5. The first kappa shape index (κ1) is 19.1. The van der Waals surface area contributed by atoms with Gasteiger partial charge in [-0.05, 0) is 36.8 Å². The molecule has 24 heavy (non-hydrogen) atoms. The Hall–Kier alpha value is -1.27. The van der Waals surface area contributed by atoms with Crippen LogP contribution in [0.4, 0.5) is 0 Å². The number of amides is 1. The van der Waals surface area contributed by atoms with E-state index in [2.05, 4.69) is 26.5 Å². The summed E-state index contributed by atoms with van der Waals surface area (Å²) in [6.07, 6.45) is 0. The molecule has 0 unspecified atom stereocenters. The molecule has 0 aliphatic heterocycles. The Balaban J connectivity index is 1.96. The van der Waals surface area contributed by atoms with E-state index in [9.17, 15) is 4.79 Å². The number of benzene rings is 2. The quantitative estimate of drug-likeness (QED) is 0.495. The minimum absolute atomic E-state index is 0.200. The van der Waals surface area contributed by atoms with Crippen molar-refractivity contribution in [3.63, 3.8) is 0 Å². The third kappa shape index (κ3) is 5.38. The van der Waals surface area contributed by atoms with Gasteiger partial charge in [0.05, 0.1) is 15.8 Å². The minimum atomic E-state index is -0.438. The number of hydrazone groups is 1. The Labute approximate surface area is 162 Å². The highest BCUT2D eigenvalue weighted by Crippen LogP contribution is 2.35. The summed E-state index contributed by atoms with van der Waals surface area (Å²) < 4.78 is 6.26. The maximum absolute atomic E-state index is 11.8. The molecule has 0 bridgehead atoms. The van der Waals surface area contributed by atoms with Gasteiger partial charge in [0, 0.05) is 9.50 Å². The van der Waals surface area contributed by atoms with E-state index < -0.39 is 5.91 Å². The molecular formula is C16H12BrCl3N2O2. The second kappa shape index (κ2) is 8.72. The molecule has 0 spiro atoms. The molecule has 2 rings (SSSR count). The summed E-state index contributed by atoms with van der Waals surface area (Å²) >= 11 is 21.2. The summed E-state index contributed by atoms with van der Waals surface area (Å²) in [5.41, 5.74) is 3.96. The monoisotopic (exact) mass is 448 g/mol. The van der Waals surface area contributed by atoms with Gasteiger partial charge in [-0.2, -0.15) is 5.10 Å². The minimum Gasteiger partial charge on any atom is -0.481 e. The van der Waals surface area contributed by atoms with E-state index in [-0.39, 0.29) is 22.4 Å². The largest absolute Gasteiger partial charge is 0.481 e. The molecule has 0 fully saturated rings. The van der Waals surface area contributed by atoms with Crippen LogP contribution >= 0.6 is 50.7 Å². The Morgan fingerprint density at radius 3 is 2.50 bits per heavy atom. The molecule has 8 heteroatoms. The van der Waals surface area contributed by atoms with Gasteiger partial charge in [0.1, 0.15) is 0 Å². The lowest BCUT2D eigenvalue weighted by molar-refractivity contribution is -0.123. The van der Waals surface area contributed by atoms with E-state index in [1.807, 2.05) is 24.3 Å². The van der Waals surface area contributed by atoms with Crippen LogP contribution < -0.4 is 10.2 Å². The number of carbonyl (C=O) groups excluding carboxylic acids is 1. The fourth-order valence-corrected chi connectivity index (χ4v) is 3.09. The predicted octanol–water partition coefficient (Wildman–Crippen LogP) is 5.33. The summed E-state index contributed by atoms with van der Waals surface area (Å²) in [5, 5.41) is 4.88. The summed E-state index contributed by atoms with van der Waals surface area (Å²) in [4.78, 5) is 11.8. The first-order valence-corrected chi connectivity index (χ1v) is 8.66. The lowest BCUT2D eigenvalue weighted by Crippen LogP contribution is -2.25. The fourth-order valence-electron chi connectivity index (χ4n) is 1.76. The highest BCUT2D eigenvalue weighted by molar-refractivity contribution is 9.10. The van der Waals surface area contributed by atoms with Crippen LogP contribution in [-0.2, 0) is 4.79 Å². The number of hydrogen-bond donors (Lipinski definition) is 1. The average molecular weight is 451 g/mol. The predicted molar refractivity (Wildman–Crippen MR) is 101 cm³/mol. The van der Waals surface area contributed by atoms with Crippen molar-refractivity contribution in [2.75, 3.05) is 6.61 Å². The molecule has 0 saturated carbocycles. The lowest BCUT2D eigenvalue weighted by Gasteiger charge is -2.09. The molecule has 0 aliphatic rings. The van der Waals surface area contributed by atoms with Crippen LogP contribution in [0.25, 0.3) is 0 Å². The van der Waals surface area contributed by atoms with Gasteiger partial charge < -0.3 is 4.74 Å². The second-order valence-electron chi connectivity index (χ2n) is 4.73. The Bertz CT molecular complexity index is 774. The normalized spacial score (nSPS) is 11.3. The van der Waals surface area contributed by atoms with E-state index in [1.165, 1.54) is 12.1 Å². The second-order valence-corrected chi connectivity index (χ2v) is 6.90. The third-order valence-corrected chi connectivity index (χ3v) is 4.17. The first-order valence-electron chi connectivity index (χ1n) is 6.73. The summed E-state index contributed by atoms with van der Waals surface area (Å²) in [7, 11) is 0. The highest BCUT2D eigenvalue weighted by atomic mass is 79.9. The average Bonchev–Trinajstić information content (AvgIpc) is 2.51. The molecule has 0 radical (unpaired) electrons. The van der Waals surface area contributed by atoms with Crippen LogP contribution in [0.15, 0.2) is 46.0 Å². The fraction of sp³-hybridized carbons (Fsp3) is 0.125. The molecule has 0 saturated heterocycles. The van der Waals surface area contributed by atoms with Gasteiger partial charge in [0.15, 0.2) is 12.4 Å². The molecule has 0 atom stereocenters. The zero-order valence-corrected chi connectivity index (χ0v) is 16.3. The van der Waals surface area contributed by atoms with Crippen molar-refractivity contribution in [3.8, 4) is 5.75 Å². The molecule has 1 amide bonds. The lowest BCUT2D eigenvalue weighted by atomic mass is 10.1. The van der Waals surface area contributed by atoms with Crippen LogP contribution in [0.3, 0.4) is 0 Å². The molecule has 2 aromatic carbocycles. The molecule has 4 nitrogen and oxygen atoms in total. The van der Waals surface area contributed by atoms with Gasteiger partial charge in [-0.1, -0.05) is 62.9 Å². The van der Waals surface area contributed by atoms with E-state index in [4.69, 9.17) is 39.5 Å². The number of nitrogens with zero attached hydrogens (tertiary/aromatic N) is 1. The molecule has 2 aromatic rings. The number of ether oxygens (including phenoxy) is 1. The van der Waals surface area contributed by atoms with Crippen LogP contribution in [0.5, 0.6) is 5.75 Å². The smallest absolute Gasteiger partial charge is 0.277 e. The van der Waals surface area contributed by atoms with Gasteiger partial charge in [-0.25, -0.2) is 5.43 Å². The molecular weight excluding hydrogens is 438 g/mol. The van der Waals surface area contributed by atoms with Crippen molar-refractivity contribution in [1.29, 1.82) is 0 Å². The highest BCUT2D eigenvalue weighted by Gasteiger charge is 2.11. The maximum atomic E-state index is 11.8. The standard InChI is InChI=1S/C16H12BrCl3N2O2/c1-9(10-3-2-4-11(17)5-10)21-22-15(23)8-24-16-13(19)6-12(18)7-14(16)20/h2-7H,8H2,1H3,(H,22,23)/b21-9-. The number of halogens is 4. The number of hydrogen-bond acceptors (Lipinski definition) is 3. The molecule has 126 valence electrons. The van der Waals surface area contributed by atoms with Crippen molar-refractivity contribution < 1.29 is 9.53 Å². The van der Waals surface area contributed by atoms with Crippen molar-refractivity contribution in [3.05, 3.63) is 61.5 Å². The Morgan fingerprint density at radius 2 is 1.88 bits per heavy atom. The zero-order valence-electron chi connectivity index (χ0n) is 12.4. The third-order valence-electron chi connectivity index (χ3n) is 2.90. The van der Waals surface area contributed by atoms with Crippen molar-refractivity contribution in [1.82, 2.24) is 5.43 Å². The SMILES string of the molecule is C/C(=N/NC(=O)COc1c(Cl)cc(Cl)cc1Cl)c1cccc(Br)c1. The van der Waals surface area contributed by atoms with Gasteiger partial charge >= 0.3 is 0 Å². The van der Waals surface area contributed by atoms with Gasteiger partial charge in [0.2, 0.25) is 0 Å². The van der Waals surface area contributed by atoms with Crippen molar-refractivity contribution in [2.45, 2.75) is 6.92 Å². The summed E-state index contributed by atoms with van der Waals surface area (Å²) in [6, 6.07) is 10.5. The number of nitrogens with one attached hydrogen (secondary N) is 1. The Kier molecular flexibility index (Phi) is 6.92. The van der Waals surface area contributed by atoms with Gasteiger partial charge in [-0.15, -0.1) is 0 Å². The topological polar surface area (TPSA) is 50.7 Å². The van der Waals surface area contributed by atoms with E-state index in [0.29, 0.717) is 10.7 Å². The molecule has 0 aliphatic carbocycles. The summed E-state index contributed by atoms with van der Waals surface area (Å²) in [5.74, 6) is -0.239. The maximum Gasteiger partial charge on any atom is 0.277 e. The van der Waals surface area contributed by atoms with E-state index in [0.717, 1.165) is 10.0 Å². The van der Waals surface area contributed by atoms with Gasteiger partial charge in [0.25, 0.3) is 5.91 Å². The molecule has 0 heterocycles. The summed E-state index contributed by atoms with van der Waals surface area (Å²) in [6.45, 7) is 1.51. The van der Waals surface area contributed by atoms with E-state index in [1.54, 1.807) is 6.92 Å². The zero-order chi connectivity index (χ0) is 17.7. The molecule has 1 N–H and O–H groups in total. The van der Waals surface area contributed by atoms with Gasteiger partial charge in [-0.3, -0.25) is 4.79 Å². The number of carbonyl (C=O) groups is 1. The van der Waals surface area contributed by atoms with Crippen LogP contribution in [0.1, 0.15) is 12.5 Å². The Morgan fingerprint density at radius 1 is 1.21 bits per heavy atom.